The molecule has 0 spiro atoms. The van der Waals surface area contributed by atoms with Gasteiger partial charge in [-0.3, -0.25) is 0 Å². The van der Waals surface area contributed by atoms with E-state index in [1.807, 2.05) is 0 Å². The fourth-order valence-electron chi connectivity index (χ4n) is 1.79. The van der Waals surface area contributed by atoms with E-state index in [9.17, 15) is 8.42 Å². The summed E-state index contributed by atoms with van der Waals surface area (Å²) in [4.78, 5) is 7.12. The van der Waals surface area contributed by atoms with Gasteiger partial charge in [-0.2, -0.15) is 0 Å². The zero-order valence-electron chi connectivity index (χ0n) is 11.4. The third-order valence-corrected chi connectivity index (χ3v) is 4.31. The Morgan fingerprint density at radius 2 is 2.05 bits per heavy atom. The maximum absolute atomic E-state index is 12.3. The molecule has 20 heavy (non-hydrogen) atoms. The van der Waals surface area contributed by atoms with Crippen LogP contribution in [0.15, 0.2) is 41.7 Å². The maximum atomic E-state index is 12.3. The molecule has 2 rings (SSSR count). The van der Waals surface area contributed by atoms with Crippen LogP contribution < -0.4 is 10.0 Å². The molecule has 0 saturated carbocycles. The molecule has 6 nitrogen and oxygen atoms in total. The molecule has 7 heteroatoms. The van der Waals surface area contributed by atoms with Gasteiger partial charge in [-0.1, -0.05) is 12.1 Å². The van der Waals surface area contributed by atoms with Crippen LogP contribution in [-0.2, 0) is 16.6 Å². The predicted molar refractivity (Wildman–Crippen MR) is 77.8 cm³/mol. The van der Waals surface area contributed by atoms with E-state index in [0.29, 0.717) is 12.2 Å². The highest BCUT2D eigenvalue weighted by atomic mass is 32.2. The van der Waals surface area contributed by atoms with Crippen molar-refractivity contribution in [3.05, 3.63) is 42.5 Å². The van der Waals surface area contributed by atoms with Crippen LogP contribution in [-0.4, -0.2) is 24.4 Å². The van der Waals surface area contributed by atoms with Gasteiger partial charge in [-0.15, -0.1) is 0 Å². The lowest BCUT2D eigenvalue weighted by Gasteiger charge is -2.14. The lowest BCUT2D eigenvalue weighted by atomic mass is 10.3. The molecule has 1 aromatic heterocycles. The normalized spacial score (nSPS) is 11.8. The van der Waals surface area contributed by atoms with Crippen molar-refractivity contribution in [1.82, 2.24) is 14.7 Å². The third-order valence-electron chi connectivity index (χ3n) is 2.59. The van der Waals surface area contributed by atoms with Crippen molar-refractivity contribution in [1.29, 1.82) is 0 Å². The van der Waals surface area contributed by atoms with E-state index in [1.54, 1.807) is 50.6 Å². The van der Waals surface area contributed by atoms with Crippen LogP contribution in [0.2, 0.25) is 0 Å². The summed E-state index contributed by atoms with van der Waals surface area (Å²) in [6.45, 7) is 4.06. The van der Waals surface area contributed by atoms with Gasteiger partial charge in [0.15, 0.2) is 0 Å². The summed E-state index contributed by atoms with van der Waals surface area (Å²) in [5, 5.41) is 3.10. The predicted octanol–water partition coefficient (Wildman–Crippen LogP) is 1.71. The molecule has 2 aromatic rings. The summed E-state index contributed by atoms with van der Waals surface area (Å²) in [5.41, 5.74) is 1.45. The number of hydrogen-bond donors (Lipinski definition) is 3. The summed E-state index contributed by atoms with van der Waals surface area (Å²) in [7, 11) is -3.52. The van der Waals surface area contributed by atoms with Gasteiger partial charge >= 0.3 is 0 Å². The molecule has 0 saturated heterocycles. The summed E-state index contributed by atoms with van der Waals surface area (Å²) in [6.07, 6.45) is 3.27. The van der Waals surface area contributed by atoms with Crippen LogP contribution in [0.5, 0.6) is 0 Å². The van der Waals surface area contributed by atoms with Crippen LogP contribution >= 0.6 is 0 Å². The van der Waals surface area contributed by atoms with Crippen molar-refractivity contribution < 1.29 is 8.42 Å². The number of nitrogens with one attached hydrogen (secondary N) is 3. The number of H-pyrrole nitrogens is 1. The molecule has 0 aliphatic heterocycles. The first-order valence-corrected chi connectivity index (χ1v) is 7.80. The molecule has 3 N–H and O–H groups in total. The number of aromatic amines is 1. The number of para-hydroxylation sites is 1. The largest absolute Gasteiger partial charge is 0.378 e. The van der Waals surface area contributed by atoms with Gasteiger partial charge in [0.05, 0.1) is 24.3 Å². The number of nitrogens with zero attached hydrogens (tertiary/aromatic N) is 1. The second-order valence-electron chi connectivity index (χ2n) is 4.70. The Hall–Kier alpha value is -1.86. The lowest BCUT2D eigenvalue weighted by Crippen LogP contribution is -2.30. The number of aromatic nitrogens is 2. The van der Waals surface area contributed by atoms with E-state index in [-0.39, 0.29) is 10.9 Å². The fraction of sp³-hybridized carbons (Fsp3) is 0.308. The molecule has 0 fully saturated rings. The number of hydrogen-bond acceptors (Lipinski definition) is 4. The minimum Gasteiger partial charge on any atom is -0.378 e. The molecule has 0 unspecified atom stereocenters. The first kappa shape index (κ1) is 14.5. The Bertz CT molecular complexity index is 651. The monoisotopic (exact) mass is 294 g/mol. The topological polar surface area (TPSA) is 86.9 Å². The van der Waals surface area contributed by atoms with E-state index >= 15 is 0 Å². The summed E-state index contributed by atoms with van der Waals surface area (Å²) in [6, 6.07) is 6.67. The smallest absolute Gasteiger partial charge is 0.242 e. The number of sulfonamides is 1. The van der Waals surface area contributed by atoms with Crippen LogP contribution in [0.3, 0.4) is 0 Å². The molecular weight excluding hydrogens is 276 g/mol. The first-order valence-electron chi connectivity index (χ1n) is 6.31. The average molecular weight is 294 g/mol. The fourth-order valence-corrected chi connectivity index (χ4v) is 3.23. The average Bonchev–Trinajstić information content (AvgIpc) is 2.88. The zero-order valence-corrected chi connectivity index (χ0v) is 12.2. The first-order chi connectivity index (χ1) is 9.49. The second-order valence-corrected chi connectivity index (χ2v) is 6.38. The molecule has 0 aliphatic carbocycles. The zero-order chi connectivity index (χ0) is 14.6. The molecule has 1 aromatic carbocycles. The molecule has 0 amide bonds. The van der Waals surface area contributed by atoms with Crippen LogP contribution in [0, 0.1) is 0 Å². The maximum Gasteiger partial charge on any atom is 0.242 e. The lowest BCUT2D eigenvalue weighted by molar-refractivity contribution is 0.570. The van der Waals surface area contributed by atoms with Crippen molar-refractivity contribution in [2.24, 2.45) is 0 Å². The molecule has 0 atom stereocenters. The van der Waals surface area contributed by atoms with Gasteiger partial charge in [-0.05, 0) is 26.0 Å². The van der Waals surface area contributed by atoms with E-state index in [0.717, 1.165) is 5.69 Å². The number of anilines is 1. The van der Waals surface area contributed by atoms with Crippen molar-refractivity contribution >= 4 is 15.7 Å². The van der Waals surface area contributed by atoms with Gasteiger partial charge in [-0.25, -0.2) is 18.1 Å². The number of imidazole rings is 1. The third kappa shape index (κ3) is 3.58. The molecule has 0 radical (unpaired) electrons. The van der Waals surface area contributed by atoms with Gasteiger partial charge in [0.1, 0.15) is 4.90 Å². The highest BCUT2D eigenvalue weighted by Gasteiger charge is 2.18. The van der Waals surface area contributed by atoms with E-state index < -0.39 is 10.0 Å². The van der Waals surface area contributed by atoms with E-state index in [2.05, 4.69) is 20.0 Å². The SMILES string of the molecule is CC(C)NS(=O)(=O)c1ccccc1NCc1cnc[nH]1. The Morgan fingerprint density at radius 3 is 2.70 bits per heavy atom. The van der Waals surface area contributed by atoms with Crippen molar-refractivity contribution in [2.45, 2.75) is 31.3 Å². The Morgan fingerprint density at radius 1 is 1.30 bits per heavy atom. The minimum absolute atomic E-state index is 0.152. The van der Waals surface area contributed by atoms with Gasteiger partial charge in [0.25, 0.3) is 0 Å². The number of rotatable bonds is 6. The molecular formula is C13H18N4O2S. The molecule has 108 valence electrons. The Balaban J connectivity index is 2.22. The quantitative estimate of drug-likeness (QED) is 0.757. The van der Waals surface area contributed by atoms with Crippen molar-refractivity contribution in [3.63, 3.8) is 0 Å². The minimum atomic E-state index is -3.52. The molecule has 0 bridgehead atoms. The Kier molecular flexibility index (Phi) is 4.41. The van der Waals surface area contributed by atoms with Gasteiger partial charge in [0, 0.05) is 12.2 Å². The number of benzene rings is 1. The summed E-state index contributed by atoms with van der Waals surface area (Å²) >= 11 is 0. The Labute approximate surface area is 118 Å². The van der Waals surface area contributed by atoms with Crippen molar-refractivity contribution in [2.75, 3.05) is 5.32 Å². The standard InChI is InChI=1S/C13H18N4O2S/c1-10(2)17-20(18,19)13-6-4-3-5-12(13)15-8-11-7-14-9-16-11/h3-7,9-10,15,17H,8H2,1-2H3,(H,14,16). The van der Waals surface area contributed by atoms with E-state index in [1.165, 1.54) is 0 Å². The van der Waals surface area contributed by atoms with E-state index in [4.69, 9.17) is 0 Å². The molecule has 0 aliphatic rings. The second kappa shape index (κ2) is 6.06. The summed E-state index contributed by atoms with van der Waals surface area (Å²) < 4.78 is 27.1. The van der Waals surface area contributed by atoms with Gasteiger partial charge in [0.2, 0.25) is 10.0 Å². The molecule has 1 heterocycles. The highest BCUT2D eigenvalue weighted by Crippen LogP contribution is 2.21. The van der Waals surface area contributed by atoms with Crippen LogP contribution in [0.25, 0.3) is 0 Å². The van der Waals surface area contributed by atoms with Crippen LogP contribution in [0.4, 0.5) is 5.69 Å². The summed E-state index contributed by atoms with van der Waals surface area (Å²) in [5.74, 6) is 0. The highest BCUT2D eigenvalue weighted by molar-refractivity contribution is 7.89. The van der Waals surface area contributed by atoms with Gasteiger partial charge < -0.3 is 10.3 Å². The van der Waals surface area contributed by atoms with Crippen molar-refractivity contribution in [3.8, 4) is 0 Å². The van der Waals surface area contributed by atoms with Crippen LogP contribution in [0.1, 0.15) is 19.5 Å².